The molecule has 1 aromatic rings. The Kier molecular flexibility index (Phi) is 3.99. The van der Waals surface area contributed by atoms with Crippen molar-refractivity contribution in [2.45, 2.75) is 18.9 Å². The van der Waals surface area contributed by atoms with E-state index in [4.69, 9.17) is 22.1 Å². The fourth-order valence-electron chi connectivity index (χ4n) is 0.949. The predicted molar refractivity (Wildman–Crippen MR) is 60.2 cm³/mol. The van der Waals surface area contributed by atoms with Crippen LogP contribution in [0, 0.1) is 22.7 Å². The van der Waals surface area contributed by atoms with E-state index in [9.17, 15) is 0 Å². The monoisotopic (exact) mass is 232 g/mol. The summed E-state index contributed by atoms with van der Waals surface area (Å²) in [6, 6.07) is 10.4. The van der Waals surface area contributed by atoms with E-state index in [-0.39, 0.29) is 0 Å². The molecule has 1 aromatic carbocycles. The average molecular weight is 233 g/mol. The lowest BCUT2D eigenvalue weighted by Gasteiger charge is -2.07. The number of rotatable bonds is 3. The SMILES string of the molecule is CCC(C#N)(C#N)N=Nc1ccc(Cl)cc1. The number of azo groups is 1. The molecule has 0 saturated carbocycles. The summed E-state index contributed by atoms with van der Waals surface area (Å²) in [4.78, 5) is 0. The molecular formula is C11H9ClN4. The molecule has 0 aromatic heterocycles. The molecule has 0 unspecified atom stereocenters. The smallest absolute Gasteiger partial charge is 0.194 e. The minimum atomic E-state index is -1.39. The molecule has 1 rings (SSSR count). The third-order valence-corrected chi connectivity index (χ3v) is 2.30. The predicted octanol–water partition coefficient (Wildman–Crippen LogP) is 3.62. The molecular weight excluding hydrogens is 224 g/mol. The van der Waals surface area contributed by atoms with E-state index in [1.54, 1.807) is 31.2 Å². The van der Waals surface area contributed by atoms with Gasteiger partial charge in [-0.2, -0.15) is 20.8 Å². The van der Waals surface area contributed by atoms with Gasteiger partial charge in [-0.15, -0.1) is 0 Å². The molecule has 0 aliphatic heterocycles. The summed E-state index contributed by atoms with van der Waals surface area (Å²) >= 11 is 5.71. The molecule has 4 nitrogen and oxygen atoms in total. The molecule has 80 valence electrons. The summed E-state index contributed by atoms with van der Waals surface area (Å²) in [6.45, 7) is 1.72. The zero-order chi connectivity index (χ0) is 12.0. The van der Waals surface area contributed by atoms with Crippen molar-refractivity contribution in [3.63, 3.8) is 0 Å². The lowest BCUT2D eigenvalue weighted by atomic mass is 10.0. The van der Waals surface area contributed by atoms with Crippen LogP contribution in [-0.4, -0.2) is 5.54 Å². The van der Waals surface area contributed by atoms with Crippen LogP contribution in [0.2, 0.25) is 5.02 Å². The van der Waals surface area contributed by atoms with E-state index in [2.05, 4.69) is 10.2 Å². The van der Waals surface area contributed by atoms with Crippen molar-refractivity contribution in [3.8, 4) is 12.1 Å². The summed E-state index contributed by atoms with van der Waals surface area (Å²) in [5.74, 6) is 0. The van der Waals surface area contributed by atoms with Gasteiger partial charge < -0.3 is 0 Å². The van der Waals surface area contributed by atoms with Crippen LogP contribution in [-0.2, 0) is 0 Å². The molecule has 0 spiro atoms. The van der Waals surface area contributed by atoms with Crippen molar-refractivity contribution < 1.29 is 0 Å². The van der Waals surface area contributed by atoms with Crippen molar-refractivity contribution in [1.29, 1.82) is 10.5 Å². The van der Waals surface area contributed by atoms with E-state index in [1.165, 1.54) is 0 Å². The summed E-state index contributed by atoms with van der Waals surface area (Å²) < 4.78 is 0. The molecule has 0 amide bonds. The normalized spacial score (nSPS) is 11.0. The number of hydrogen-bond acceptors (Lipinski definition) is 4. The zero-order valence-corrected chi connectivity index (χ0v) is 9.44. The molecule has 5 heteroatoms. The molecule has 0 saturated heterocycles. The van der Waals surface area contributed by atoms with Crippen LogP contribution in [0.25, 0.3) is 0 Å². The maximum Gasteiger partial charge on any atom is 0.252 e. The zero-order valence-electron chi connectivity index (χ0n) is 8.68. The Morgan fingerprint density at radius 3 is 2.25 bits per heavy atom. The van der Waals surface area contributed by atoms with E-state index >= 15 is 0 Å². The van der Waals surface area contributed by atoms with E-state index in [0.29, 0.717) is 17.1 Å². The van der Waals surface area contributed by atoms with Crippen molar-refractivity contribution in [3.05, 3.63) is 29.3 Å². The number of halogens is 1. The maximum atomic E-state index is 8.85. The molecule has 0 aliphatic rings. The quantitative estimate of drug-likeness (QED) is 0.747. The van der Waals surface area contributed by atoms with Crippen LogP contribution in [0.5, 0.6) is 0 Å². The maximum absolute atomic E-state index is 8.85. The first-order chi connectivity index (χ1) is 7.65. The van der Waals surface area contributed by atoms with E-state index < -0.39 is 5.54 Å². The summed E-state index contributed by atoms with van der Waals surface area (Å²) in [6.07, 6.45) is 0.303. The third kappa shape index (κ3) is 2.79. The Bertz CT molecular complexity index is 450. The fraction of sp³-hybridized carbons (Fsp3) is 0.273. The highest BCUT2D eigenvalue weighted by Gasteiger charge is 2.27. The Morgan fingerprint density at radius 1 is 1.25 bits per heavy atom. The van der Waals surface area contributed by atoms with Gasteiger partial charge >= 0.3 is 0 Å². The van der Waals surface area contributed by atoms with Gasteiger partial charge in [-0.1, -0.05) is 18.5 Å². The number of nitrogens with zero attached hydrogens (tertiary/aromatic N) is 4. The van der Waals surface area contributed by atoms with Gasteiger partial charge in [0, 0.05) is 5.02 Å². The first-order valence-electron chi connectivity index (χ1n) is 4.67. The standard InChI is InChI=1S/C11H9ClN4/c1-2-11(7-13,8-14)16-15-10-5-3-9(12)4-6-10/h3-6H,2H2,1H3. The van der Waals surface area contributed by atoms with Crippen LogP contribution >= 0.6 is 11.6 Å². The van der Waals surface area contributed by atoms with Gasteiger partial charge in [-0.3, -0.25) is 0 Å². The van der Waals surface area contributed by atoms with Gasteiger partial charge in [0.15, 0.2) is 0 Å². The van der Waals surface area contributed by atoms with Crippen LogP contribution in [0.4, 0.5) is 5.69 Å². The summed E-state index contributed by atoms with van der Waals surface area (Å²) in [5, 5.41) is 25.9. The van der Waals surface area contributed by atoms with E-state index in [1.807, 2.05) is 12.1 Å². The highest BCUT2D eigenvalue weighted by atomic mass is 35.5. The van der Waals surface area contributed by atoms with Gasteiger partial charge in [0.05, 0.1) is 5.69 Å². The van der Waals surface area contributed by atoms with Crippen LogP contribution in [0.15, 0.2) is 34.5 Å². The van der Waals surface area contributed by atoms with Gasteiger partial charge in [0.2, 0.25) is 0 Å². The highest BCUT2D eigenvalue weighted by Crippen LogP contribution is 2.20. The van der Waals surface area contributed by atoms with Gasteiger partial charge in [0.1, 0.15) is 12.1 Å². The second kappa shape index (κ2) is 5.25. The second-order valence-corrected chi connectivity index (χ2v) is 3.55. The van der Waals surface area contributed by atoms with Gasteiger partial charge in [-0.05, 0) is 30.7 Å². The molecule has 0 N–H and O–H groups in total. The Hall–Kier alpha value is -1.91. The van der Waals surface area contributed by atoms with Gasteiger partial charge in [0.25, 0.3) is 5.54 Å². The number of hydrogen-bond donors (Lipinski definition) is 0. The third-order valence-electron chi connectivity index (χ3n) is 2.04. The average Bonchev–Trinajstić information content (AvgIpc) is 2.34. The van der Waals surface area contributed by atoms with Crippen LogP contribution in [0.3, 0.4) is 0 Å². The van der Waals surface area contributed by atoms with Crippen molar-refractivity contribution >= 4 is 17.3 Å². The minimum absolute atomic E-state index is 0.303. The largest absolute Gasteiger partial charge is 0.252 e. The Morgan fingerprint density at radius 2 is 1.81 bits per heavy atom. The first kappa shape index (κ1) is 12.2. The molecule has 16 heavy (non-hydrogen) atoms. The highest BCUT2D eigenvalue weighted by molar-refractivity contribution is 6.30. The van der Waals surface area contributed by atoms with Crippen molar-refractivity contribution in [1.82, 2.24) is 0 Å². The topological polar surface area (TPSA) is 72.3 Å². The molecule has 0 atom stereocenters. The number of benzene rings is 1. The van der Waals surface area contributed by atoms with Gasteiger partial charge in [-0.25, -0.2) is 0 Å². The second-order valence-electron chi connectivity index (χ2n) is 3.11. The molecule has 0 aliphatic carbocycles. The molecule has 0 heterocycles. The Balaban J connectivity index is 2.93. The van der Waals surface area contributed by atoms with Crippen LogP contribution in [0.1, 0.15) is 13.3 Å². The molecule has 0 radical (unpaired) electrons. The van der Waals surface area contributed by atoms with Crippen LogP contribution < -0.4 is 0 Å². The van der Waals surface area contributed by atoms with Crippen molar-refractivity contribution in [2.24, 2.45) is 10.2 Å². The van der Waals surface area contributed by atoms with E-state index in [0.717, 1.165) is 0 Å². The van der Waals surface area contributed by atoms with Crippen molar-refractivity contribution in [2.75, 3.05) is 0 Å². The first-order valence-corrected chi connectivity index (χ1v) is 5.04. The summed E-state index contributed by atoms with van der Waals surface area (Å²) in [5.41, 5.74) is -0.827. The number of nitriles is 2. The lowest BCUT2D eigenvalue weighted by molar-refractivity contribution is 0.627. The molecule has 0 bridgehead atoms. The minimum Gasteiger partial charge on any atom is -0.194 e. The molecule has 0 fully saturated rings. The summed E-state index contributed by atoms with van der Waals surface area (Å²) in [7, 11) is 0. The Labute approximate surface area is 98.8 Å². The lowest BCUT2D eigenvalue weighted by Crippen LogP contribution is -2.19. The fourth-order valence-corrected chi connectivity index (χ4v) is 1.08.